The smallest absolute Gasteiger partial charge is 0.117 e. The SMILES string of the molecule is CC(ON)c1ccc(O)cc1Cl. The molecule has 0 bridgehead atoms. The topological polar surface area (TPSA) is 55.5 Å². The lowest BCUT2D eigenvalue weighted by Gasteiger charge is -2.10. The predicted octanol–water partition coefficient (Wildman–Crippen LogP) is 2.00. The maximum absolute atomic E-state index is 9.04. The zero-order valence-electron chi connectivity index (χ0n) is 6.62. The molecular formula is C8H10ClNO2. The van der Waals surface area contributed by atoms with Crippen molar-refractivity contribution in [3.63, 3.8) is 0 Å². The average molecular weight is 188 g/mol. The molecule has 12 heavy (non-hydrogen) atoms. The molecule has 0 saturated carbocycles. The molecular weight excluding hydrogens is 178 g/mol. The number of hydrogen-bond acceptors (Lipinski definition) is 3. The summed E-state index contributed by atoms with van der Waals surface area (Å²) in [5.74, 6) is 5.12. The van der Waals surface area contributed by atoms with Crippen LogP contribution in [0, 0.1) is 0 Å². The number of hydrogen-bond donors (Lipinski definition) is 2. The average Bonchev–Trinajstić information content (AvgIpc) is 2.03. The van der Waals surface area contributed by atoms with Crippen molar-refractivity contribution in [3.05, 3.63) is 28.8 Å². The van der Waals surface area contributed by atoms with Crippen molar-refractivity contribution in [2.45, 2.75) is 13.0 Å². The van der Waals surface area contributed by atoms with E-state index in [1.165, 1.54) is 12.1 Å². The molecule has 1 aromatic carbocycles. The Morgan fingerprint density at radius 3 is 2.75 bits per heavy atom. The fourth-order valence-corrected chi connectivity index (χ4v) is 1.25. The van der Waals surface area contributed by atoms with Gasteiger partial charge in [-0.3, -0.25) is 4.84 Å². The van der Waals surface area contributed by atoms with Gasteiger partial charge in [-0.15, -0.1) is 0 Å². The highest BCUT2D eigenvalue weighted by atomic mass is 35.5. The lowest BCUT2D eigenvalue weighted by Crippen LogP contribution is -2.05. The van der Waals surface area contributed by atoms with E-state index in [0.29, 0.717) is 5.02 Å². The quantitative estimate of drug-likeness (QED) is 0.697. The van der Waals surface area contributed by atoms with Crippen molar-refractivity contribution in [1.29, 1.82) is 0 Å². The van der Waals surface area contributed by atoms with Gasteiger partial charge in [0.05, 0.1) is 5.02 Å². The fourth-order valence-electron chi connectivity index (χ4n) is 0.919. The lowest BCUT2D eigenvalue weighted by molar-refractivity contribution is 0.0664. The molecule has 1 unspecified atom stereocenters. The van der Waals surface area contributed by atoms with Crippen LogP contribution in [0.15, 0.2) is 18.2 Å². The minimum atomic E-state index is -0.266. The van der Waals surface area contributed by atoms with E-state index < -0.39 is 0 Å². The molecule has 0 aliphatic heterocycles. The second kappa shape index (κ2) is 3.76. The number of benzene rings is 1. The van der Waals surface area contributed by atoms with Gasteiger partial charge in [0.15, 0.2) is 0 Å². The van der Waals surface area contributed by atoms with Crippen LogP contribution in [-0.2, 0) is 4.84 Å². The second-order valence-corrected chi connectivity index (χ2v) is 2.89. The van der Waals surface area contributed by atoms with Gasteiger partial charge in [0.2, 0.25) is 0 Å². The fraction of sp³-hybridized carbons (Fsp3) is 0.250. The Morgan fingerprint density at radius 1 is 1.58 bits per heavy atom. The minimum absolute atomic E-state index is 0.132. The molecule has 1 atom stereocenters. The number of halogens is 1. The van der Waals surface area contributed by atoms with Crippen molar-refractivity contribution in [2.75, 3.05) is 0 Å². The van der Waals surface area contributed by atoms with Crippen LogP contribution < -0.4 is 5.90 Å². The van der Waals surface area contributed by atoms with Crippen molar-refractivity contribution in [1.82, 2.24) is 0 Å². The molecule has 0 radical (unpaired) electrons. The summed E-state index contributed by atoms with van der Waals surface area (Å²) in [4.78, 5) is 4.59. The van der Waals surface area contributed by atoms with E-state index >= 15 is 0 Å². The van der Waals surface area contributed by atoms with E-state index in [1.807, 2.05) is 0 Å². The van der Waals surface area contributed by atoms with Crippen LogP contribution in [0.1, 0.15) is 18.6 Å². The summed E-state index contributed by atoms with van der Waals surface area (Å²) in [6, 6.07) is 4.67. The largest absolute Gasteiger partial charge is 0.508 e. The maximum Gasteiger partial charge on any atom is 0.117 e. The van der Waals surface area contributed by atoms with Crippen LogP contribution in [0.4, 0.5) is 0 Å². The first-order valence-electron chi connectivity index (χ1n) is 3.49. The van der Waals surface area contributed by atoms with Crippen molar-refractivity contribution >= 4 is 11.6 Å². The number of phenols is 1. The summed E-state index contributed by atoms with van der Waals surface area (Å²) in [5, 5.41) is 9.49. The highest BCUT2D eigenvalue weighted by Crippen LogP contribution is 2.27. The summed E-state index contributed by atoms with van der Waals surface area (Å²) in [7, 11) is 0. The first-order valence-corrected chi connectivity index (χ1v) is 3.87. The zero-order chi connectivity index (χ0) is 9.14. The lowest BCUT2D eigenvalue weighted by atomic mass is 10.1. The van der Waals surface area contributed by atoms with Gasteiger partial charge in [0.25, 0.3) is 0 Å². The summed E-state index contributed by atoms with van der Waals surface area (Å²) < 4.78 is 0. The van der Waals surface area contributed by atoms with E-state index in [-0.39, 0.29) is 11.9 Å². The van der Waals surface area contributed by atoms with E-state index in [0.717, 1.165) is 5.56 Å². The Balaban J connectivity index is 3.01. The van der Waals surface area contributed by atoms with Gasteiger partial charge in [-0.1, -0.05) is 17.7 Å². The number of phenolic OH excluding ortho intramolecular Hbond substituents is 1. The molecule has 0 aliphatic rings. The summed E-state index contributed by atoms with van der Waals surface area (Å²) in [5.41, 5.74) is 0.761. The van der Waals surface area contributed by atoms with E-state index in [4.69, 9.17) is 22.6 Å². The van der Waals surface area contributed by atoms with Gasteiger partial charge < -0.3 is 5.11 Å². The van der Waals surface area contributed by atoms with Crippen LogP contribution in [0.5, 0.6) is 5.75 Å². The molecule has 0 spiro atoms. The van der Waals surface area contributed by atoms with E-state index in [2.05, 4.69) is 4.84 Å². The summed E-state index contributed by atoms with van der Waals surface area (Å²) in [6.07, 6.45) is -0.266. The number of nitrogens with two attached hydrogens (primary N) is 1. The third-order valence-electron chi connectivity index (χ3n) is 1.63. The summed E-state index contributed by atoms with van der Waals surface area (Å²) >= 11 is 5.81. The standard InChI is InChI=1S/C8H10ClNO2/c1-5(12-10)7-3-2-6(11)4-8(7)9/h2-5,11H,10H2,1H3. The van der Waals surface area contributed by atoms with Crippen LogP contribution in [0.25, 0.3) is 0 Å². The Morgan fingerprint density at radius 2 is 2.25 bits per heavy atom. The molecule has 0 saturated heterocycles. The van der Waals surface area contributed by atoms with Crippen LogP contribution in [0.3, 0.4) is 0 Å². The first-order chi connectivity index (χ1) is 5.65. The third kappa shape index (κ3) is 1.88. The van der Waals surface area contributed by atoms with Crippen molar-refractivity contribution in [2.24, 2.45) is 5.90 Å². The highest BCUT2D eigenvalue weighted by Gasteiger charge is 2.08. The second-order valence-electron chi connectivity index (χ2n) is 2.48. The number of rotatable bonds is 2. The van der Waals surface area contributed by atoms with Crippen LogP contribution in [0.2, 0.25) is 5.02 Å². The monoisotopic (exact) mass is 187 g/mol. The summed E-state index contributed by atoms with van der Waals surface area (Å²) in [6.45, 7) is 1.78. The van der Waals surface area contributed by atoms with Crippen LogP contribution in [-0.4, -0.2) is 5.11 Å². The van der Waals surface area contributed by atoms with Gasteiger partial charge >= 0.3 is 0 Å². The molecule has 66 valence electrons. The Kier molecular flexibility index (Phi) is 2.92. The number of aromatic hydroxyl groups is 1. The molecule has 1 aromatic rings. The predicted molar refractivity (Wildman–Crippen MR) is 46.8 cm³/mol. The molecule has 0 aliphatic carbocycles. The normalized spacial score (nSPS) is 12.9. The molecule has 0 fully saturated rings. The van der Waals surface area contributed by atoms with E-state index in [1.54, 1.807) is 13.0 Å². The minimum Gasteiger partial charge on any atom is -0.508 e. The van der Waals surface area contributed by atoms with Gasteiger partial charge in [0, 0.05) is 5.56 Å². The molecule has 0 heterocycles. The molecule has 4 heteroatoms. The third-order valence-corrected chi connectivity index (χ3v) is 1.95. The van der Waals surface area contributed by atoms with Gasteiger partial charge in [-0.2, -0.15) is 0 Å². The molecule has 0 amide bonds. The van der Waals surface area contributed by atoms with E-state index in [9.17, 15) is 0 Å². The van der Waals surface area contributed by atoms with Gasteiger partial charge in [-0.25, -0.2) is 5.90 Å². The Hall–Kier alpha value is -0.770. The molecule has 3 nitrogen and oxygen atoms in total. The molecule has 0 aromatic heterocycles. The van der Waals surface area contributed by atoms with Crippen molar-refractivity contribution < 1.29 is 9.94 Å². The Labute approximate surface area is 75.7 Å². The first kappa shape index (κ1) is 9.32. The highest BCUT2D eigenvalue weighted by molar-refractivity contribution is 6.31. The van der Waals surface area contributed by atoms with Gasteiger partial charge in [-0.05, 0) is 19.1 Å². The van der Waals surface area contributed by atoms with Crippen LogP contribution >= 0.6 is 11.6 Å². The van der Waals surface area contributed by atoms with Crippen molar-refractivity contribution in [3.8, 4) is 5.75 Å². The zero-order valence-corrected chi connectivity index (χ0v) is 7.38. The molecule has 3 N–H and O–H groups in total. The Bertz CT molecular complexity index is 278. The maximum atomic E-state index is 9.04. The van der Waals surface area contributed by atoms with Gasteiger partial charge in [0.1, 0.15) is 11.9 Å². The molecule has 1 rings (SSSR count).